The van der Waals surface area contributed by atoms with Crippen LogP contribution >= 0.6 is 11.3 Å². The summed E-state index contributed by atoms with van der Waals surface area (Å²) in [6.07, 6.45) is 3.09. The van der Waals surface area contributed by atoms with Crippen LogP contribution in [0.4, 0.5) is 5.69 Å². The molecule has 0 radical (unpaired) electrons. The van der Waals surface area contributed by atoms with E-state index in [1.54, 1.807) is 17.5 Å². The van der Waals surface area contributed by atoms with E-state index in [-0.39, 0.29) is 11.6 Å². The predicted octanol–water partition coefficient (Wildman–Crippen LogP) is 3.04. The topological polar surface area (TPSA) is 53.4 Å². The smallest absolute Gasteiger partial charge is 0.337 e. The summed E-state index contributed by atoms with van der Waals surface area (Å²) >= 11 is 1.66. The molecule has 1 atom stereocenters. The van der Waals surface area contributed by atoms with Gasteiger partial charge in [0.25, 0.3) is 0 Å². The second-order valence-corrected chi connectivity index (χ2v) is 4.98. The second kappa shape index (κ2) is 5.18. The molecule has 1 N–H and O–H groups in total. The molecule has 0 aliphatic rings. The van der Waals surface area contributed by atoms with Gasteiger partial charge in [-0.05, 0) is 24.4 Å². The molecule has 18 heavy (non-hydrogen) atoms. The van der Waals surface area contributed by atoms with Crippen LogP contribution < -0.4 is 4.90 Å². The van der Waals surface area contributed by atoms with Gasteiger partial charge in [0.2, 0.25) is 0 Å². The molecular formula is C13H14N2O2S. The quantitative estimate of drug-likeness (QED) is 0.920. The molecule has 5 heteroatoms. The first-order valence-corrected chi connectivity index (χ1v) is 6.42. The van der Waals surface area contributed by atoms with Gasteiger partial charge in [-0.25, -0.2) is 4.79 Å². The molecule has 1 unspecified atom stereocenters. The highest BCUT2D eigenvalue weighted by atomic mass is 32.1. The Morgan fingerprint density at radius 3 is 2.89 bits per heavy atom. The first kappa shape index (κ1) is 12.6. The highest BCUT2D eigenvalue weighted by Gasteiger charge is 2.19. The number of nitrogens with zero attached hydrogens (tertiary/aromatic N) is 2. The third-order valence-corrected chi connectivity index (χ3v) is 3.99. The zero-order chi connectivity index (χ0) is 13.1. The molecule has 0 aliphatic carbocycles. The Hall–Kier alpha value is -1.88. The van der Waals surface area contributed by atoms with Gasteiger partial charge < -0.3 is 10.0 Å². The molecular weight excluding hydrogens is 248 g/mol. The zero-order valence-electron chi connectivity index (χ0n) is 10.2. The molecule has 2 heterocycles. The minimum atomic E-state index is -0.933. The predicted molar refractivity (Wildman–Crippen MR) is 72.3 cm³/mol. The number of aromatic nitrogens is 1. The van der Waals surface area contributed by atoms with Crippen LogP contribution in [0.3, 0.4) is 0 Å². The number of anilines is 1. The Morgan fingerprint density at radius 1 is 1.50 bits per heavy atom. The Balaban J connectivity index is 2.34. The lowest BCUT2D eigenvalue weighted by molar-refractivity contribution is 0.0697. The number of pyridine rings is 1. The first-order chi connectivity index (χ1) is 8.61. The molecule has 4 nitrogen and oxygen atoms in total. The van der Waals surface area contributed by atoms with Gasteiger partial charge >= 0.3 is 5.97 Å². The fraction of sp³-hybridized carbons (Fsp3) is 0.231. The molecule has 0 aliphatic heterocycles. The first-order valence-electron chi connectivity index (χ1n) is 5.55. The maximum atomic E-state index is 11.2. The van der Waals surface area contributed by atoms with E-state index in [1.807, 2.05) is 36.4 Å². The fourth-order valence-corrected chi connectivity index (χ4v) is 2.60. The normalized spacial score (nSPS) is 12.1. The van der Waals surface area contributed by atoms with E-state index < -0.39 is 5.97 Å². The lowest BCUT2D eigenvalue weighted by Gasteiger charge is -2.27. The van der Waals surface area contributed by atoms with Gasteiger partial charge in [0.15, 0.2) is 0 Å². The molecule has 94 valence electrons. The molecule has 2 aromatic heterocycles. The number of carboxylic acid groups (broad SMARTS) is 1. The molecule has 0 saturated heterocycles. The monoisotopic (exact) mass is 262 g/mol. The highest BCUT2D eigenvalue weighted by Crippen LogP contribution is 2.29. The number of hydrogen-bond acceptors (Lipinski definition) is 4. The van der Waals surface area contributed by atoms with Gasteiger partial charge in [0.1, 0.15) is 0 Å². The lowest BCUT2D eigenvalue weighted by Crippen LogP contribution is -2.23. The van der Waals surface area contributed by atoms with Crippen LogP contribution in [0.15, 0.2) is 36.0 Å². The van der Waals surface area contributed by atoms with E-state index in [4.69, 9.17) is 0 Å². The summed E-state index contributed by atoms with van der Waals surface area (Å²) in [4.78, 5) is 18.3. The summed E-state index contributed by atoms with van der Waals surface area (Å²) in [6.45, 7) is 2.05. The summed E-state index contributed by atoms with van der Waals surface area (Å²) in [6, 6.07) is 5.68. The molecule has 0 amide bonds. The fourth-order valence-electron chi connectivity index (χ4n) is 1.78. The van der Waals surface area contributed by atoms with Crippen molar-refractivity contribution in [1.29, 1.82) is 0 Å². The molecule has 0 fully saturated rings. The Morgan fingerprint density at radius 2 is 2.28 bits per heavy atom. The van der Waals surface area contributed by atoms with Gasteiger partial charge in [0.05, 0.1) is 23.5 Å². The van der Waals surface area contributed by atoms with E-state index in [9.17, 15) is 9.90 Å². The van der Waals surface area contributed by atoms with Crippen LogP contribution in [-0.2, 0) is 0 Å². The van der Waals surface area contributed by atoms with Gasteiger partial charge in [0, 0.05) is 18.1 Å². The largest absolute Gasteiger partial charge is 0.478 e. The molecule has 0 spiro atoms. The summed E-state index contributed by atoms with van der Waals surface area (Å²) in [5.41, 5.74) is 0.904. The van der Waals surface area contributed by atoms with Crippen molar-refractivity contribution in [3.8, 4) is 0 Å². The van der Waals surface area contributed by atoms with E-state index in [0.717, 1.165) is 0 Å². The second-order valence-electron chi connectivity index (χ2n) is 4.00. The summed E-state index contributed by atoms with van der Waals surface area (Å²) in [7, 11) is 1.88. The van der Waals surface area contributed by atoms with Crippen LogP contribution in [0.5, 0.6) is 0 Å². The minimum Gasteiger partial charge on any atom is -0.478 e. The third kappa shape index (κ3) is 2.36. The highest BCUT2D eigenvalue weighted by molar-refractivity contribution is 7.10. The number of rotatable bonds is 4. The van der Waals surface area contributed by atoms with E-state index in [0.29, 0.717) is 5.69 Å². The Bertz CT molecular complexity index is 540. The van der Waals surface area contributed by atoms with Crippen LogP contribution in [-0.4, -0.2) is 23.1 Å². The van der Waals surface area contributed by atoms with E-state index in [2.05, 4.69) is 4.98 Å². The average molecular weight is 262 g/mol. The van der Waals surface area contributed by atoms with Crippen molar-refractivity contribution in [3.63, 3.8) is 0 Å². The van der Waals surface area contributed by atoms with Crippen molar-refractivity contribution in [2.75, 3.05) is 11.9 Å². The van der Waals surface area contributed by atoms with Crippen LogP contribution in [0.1, 0.15) is 28.2 Å². The SMILES string of the molecule is CC(c1cccs1)N(C)c1cnccc1C(=O)O. The summed E-state index contributed by atoms with van der Waals surface area (Å²) in [5.74, 6) is -0.933. The van der Waals surface area contributed by atoms with Gasteiger partial charge in [-0.2, -0.15) is 0 Å². The maximum Gasteiger partial charge on any atom is 0.337 e. The minimum absolute atomic E-state index is 0.118. The van der Waals surface area contributed by atoms with Crippen molar-refractivity contribution in [2.24, 2.45) is 0 Å². The number of thiophene rings is 1. The van der Waals surface area contributed by atoms with Gasteiger partial charge in [-0.1, -0.05) is 6.07 Å². The third-order valence-electron chi connectivity index (χ3n) is 2.95. The number of hydrogen-bond donors (Lipinski definition) is 1. The van der Waals surface area contributed by atoms with Crippen molar-refractivity contribution in [3.05, 3.63) is 46.4 Å². The Kier molecular flexibility index (Phi) is 3.62. The van der Waals surface area contributed by atoms with E-state index in [1.165, 1.54) is 17.1 Å². The average Bonchev–Trinajstić information content (AvgIpc) is 2.90. The molecule has 2 aromatic rings. The molecule has 0 aromatic carbocycles. The van der Waals surface area contributed by atoms with Crippen molar-refractivity contribution in [1.82, 2.24) is 4.98 Å². The van der Waals surface area contributed by atoms with Crippen molar-refractivity contribution in [2.45, 2.75) is 13.0 Å². The number of aromatic carboxylic acids is 1. The van der Waals surface area contributed by atoms with Crippen molar-refractivity contribution < 1.29 is 9.90 Å². The summed E-state index contributed by atoms with van der Waals surface area (Å²) in [5, 5.41) is 11.2. The van der Waals surface area contributed by atoms with Crippen LogP contribution in [0.2, 0.25) is 0 Å². The molecule has 0 saturated carbocycles. The van der Waals surface area contributed by atoms with Crippen LogP contribution in [0, 0.1) is 0 Å². The van der Waals surface area contributed by atoms with Crippen LogP contribution in [0.25, 0.3) is 0 Å². The summed E-state index contributed by atoms with van der Waals surface area (Å²) < 4.78 is 0. The number of carboxylic acids is 1. The maximum absolute atomic E-state index is 11.2. The lowest BCUT2D eigenvalue weighted by atomic mass is 10.1. The molecule has 2 rings (SSSR count). The number of carbonyl (C=O) groups is 1. The molecule has 0 bridgehead atoms. The standard InChI is InChI=1S/C13H14N2O2S/c1-9(12-4-3-7-18-12)15(2)11-8-14-6-5-10(11)13(16)17/h3-9H,1-2H3,(H,16,17). The Labute approximate surface area is 110 Å². The van der Waals surface area contributed by atoms with Crippen molar-refractivity contribution >= 4 is 23.0 Å². The van der Waals surface area contributed by atoms with Gasteiger partial charge in [-0.15, -0.1) is 11.3 Å². The van der Waals surface area contributed by atoms with Gasteiger partial charge in [-0.3, -0.25) is 4.98 Å². The van der Waals surface area contributed by atoms with E-state index >= 15 is 0 Å². The zero-order valence-corrected chi connectivity index (χ0v) is 11.0.